The van der Waals surface area contributed by atoms with Gasteiger partial charge >= 0.3 is 5.97 Å². The molecule has 0 heterocycles. The predicted octanol–water partition coefficient (Wildman–Crippen LogP) is 38.6. The minimum absolute atomic E-state index is 0.326. The molecule has 0 radical (unpaired) electrons. The summed E-state index contributed by atoms with van der Waals surface area (Å²) in [6, 6.07) is 0. The highest BCUT2D eigenvalue weighted by molar-refractivity contribution is 5.66. The first-order valence-electron chi connectivity index (χ1n) is 53.0. The van der Waals surface area contributed by atoms with Crippen LogP contribution >= 0.6 is 0 Å². The normalized spacial score (nSPS) is 11.4. The van der Waals surface area contributed by atoms with Crippen molar-refractivity contribution in [1.29, 1.82) is 0 Å². The zero-order valence-electron chi connectivity index (χ0n) is 79.1. The molecule has 0 rings (SSSR count). The van der Waals surface area contributed by atoms with Crippen molar-refractivity contribution in [1.82, 2.24) is 0 Å². The van der Waals surface area contributed by atoms with Gasteiger partial charge in [0, 0.05) is 26.2 Å². The summed E-state index contributed by atoms with van der Waals surface area (Å²) in [5.41, 5.74) is 0. The van der Waals surface area contributed by atoms with Gasteiger partial charge in [-0.2, -0.15) is 0 Å². The fourth-order valence-corrected chi connectivity index (χ4v) is 16.0. The Morgan fingerprint density at radius 2 is 0.348 bits per heavy atom. The van der Waals surface area contributed by atoms with Crippen molar-refractivity contribution in [2.24, 2.45) is 5.92 Å². The number of allylic oxidation sites excluding steroid dienone is 1. The molecule has 0 aromatic rings. The number of carboxylic acid groups (broad SMARTS) is 1. The van der Waals surface area contributed by atoms with Gasteiger partial charge in [0.1, 0.15) is 0 Å². The van der Waals surface area contributed by atoms with Crippen LogP contribution in [0.4, 0.5) is 0 Å². The molecule has 0 aliphatic carbocycles. The average molecular weight is 1590 g/mol. The van der Waals surface area contributed by atoms with Gasteiger partial charge < -0.3 is 20.4 Å². The Morgan fingerprint density at radius 3 is 0.473 bits per heavy atom. The van der Waals surface area contributed by atoms with E-state index < -0.39 is 5.97 Å². The summed E-state index contributed by atoms with van der Waals surface area (Å²) in [5.74, 6) is 0.279. The predicted molar refractivity (Wildman–Crippen MR) is 511 cm³/mol. The van der Waals surface area contributed by atoms with E-state index in [1.54, 1.807) is 0 Å². The highest BCUT2D eigenvalue weighted by Crippen LogP contribution is 2.22. The molecule has 0 aromatic heterocycles. The van der Waals surface area contributed by atoms with Crippen molar-refractivity contribution >= 4 is 5.97 Å². The highest BCUT2D eigenvalue weighted by atomic mass is 16.4. The van der Waals surface area contributed by atoms with Gasteiger partial charge in [0.05, 0.1) is 0 Å². The van der Waals surface area contributed by atoms with Crippen molar-refractivity contribution in [2.75, 3.05) is 19.8 Å². The third-order valence-corrected chi connectivity index (χ3v) is 24.3. The third kappa shape index (κ3) is 135. The maximum atomic E-state index is 10.2. The number of hydrogen-bond acceptors (Lipinski definition) is 4. The fraction of sp³-hybridized carbons (Fsp3) is 0.972. The van der Waals surface area contributed by atoms with Gasteiger partial charge in [-0.1, -0.05) is 606 Å². The number of aliphatic hydroxyl groups excluding tert-OH is 3. The highest BCUT2D eigenvalue weighted by Gasteiger charge is 2.03. The van der Waals surface area contributed by atoms with E-state index in [4.69, 9.17) is 20.4 Å². The van der Waals surface area contributed by atoms with Crippen LogP contribution < -0.4 is 0 Å². The monoisotopic (exact) mass is 1590 g/mol. The van der Waals surface area contributed by atoms with Crippen LogP contribution in [0.25, 0.3) is 0 Å². The van der Waals surface area contributed by atoms with Gasteiger partial charge in [-0.05, 0) is 44.4 Å². The first kappa shape index (κ1) is 120. The quantitative estimate of drug-likeness (QED) is 0.0359. The van der Waals surface area contributed by atoms with Crippen LogP contribution in [0.2, 0.25) is 0 Å². The third-order valence-electron chi connectivity index (χ3n) is 24.3. The molecule has 678 valence electrons. The minimum Gasteiger partial charge on any atom is -0.481 e. The smallest absolute Gasteiger partial charge is 0.303 e. The molecule has 0 spiro atoms. The average Bonchev–Trinajstić information content (AvgIpc) is 3.90. The van der Waals surface area contributed by atoms with E-state index in [-0.39, 0.29) is 0 Å². The zero-order valence-corrected chi connectivity index (χ0v) is 79.1. The number of rotatable bonds is 95. The zero-order chi connectivity index (χ0) is 82.5. The molecule has 0 aromatic carbocycles. The molecule has 0 aliphatic heterocycles. The molecular weight excluding hydrogens is 1370 g/mol. The van der Waals surface area contributed by atoms with Crippen LogP contribution in [0.3, 0.4) is 0 Å². The van der Waals surface area contributed by atoms with Crippen molar-refractivity contribution in [3.05, 3.63) is 12.7 Å². The fourth-order valence-electron chi connectivity index (χ4n) is 16.0. The van der Waals surface area contributed by atoms with Crippen LogP contribution in [0.15, 0.2) is 12.7 Å². The number of unbranched alkanes of at least 4 members (excludes halogenated alkanes) is 86. The second-order valence-electron chi connectivity index (χ2n) is 36.1. The van der Waals surface area contributed by atoms with Crippen molar-refractivity contribution < 1.29 is 25.2 Å². The number of hydrogen-bond donors (Lipinski definition) is 4. The lowest BCUT2D eigenvalue weighted by Gasteiger charge is -2.04. The summed E-state index contributed by atoms with van der Waals surface area (Å²) in [6.45, 7) is 18.5. The van der Waals surface area contributed by atoms with Crippen molar-refractivity contribution in [2.45, 2.75) is 645 Å². The van der Waals surface area contributed by atoms with Crippen LogP contribution in [0.1, 0.15) is 645 Å². The Bertz CT molecular complexity index is 1410. The molecule has 4 N–H and O–H groups in total. The summed E-state index contributed by atoms with van der Waals surface area (Å²) in [7, 11) is 0. The SMILES string of the molecule is C=CCCCCCCCCC(=O)O.CCCCC(C)CC.CCCCCCCCCCCCCCCCCCCCCCCCCCCCCCCCO.CCCCCCCCCCCCCCCCCCCCCCCCCCCCCO.CCCCCCCCCCCCCCCCCCCCCCCCCCCO. The van der Waals surface area contributed by atoms with Crippen molar-refractivity contribution in [3.8, 4) is 0 Å². The number of carboxylic acids is 1. The van der Waals surface area contributed by atoms with E-state index >= 15 is 0 Å². The largest absolute Gasteiger partial charge is 0.481 e. The van der Waals surface area contributed by atoms with Gasteiger partial charge in [0.15, 0.2) is 0 Å². The van der Waals surface area contributed by atoms with Crippen LogP contribution in [-0.4, -0.2) is 46.2 Å². The van der Waals surface area contributed by atoms with E-state index in [9.17, 15) is 4.79 Å². The number of carbonyl (C=O) groups is 1. The lowest BCUT2D eigenvalue weighted by molar-refractivity contribution is -0.137. The van der Waals surface area contributed by atoms with Gasteiger partial charge in [0.25, 0.3) is 0 Å². The van der Waals surface area contributed by atoms with E-state index in [2.05, 4.69) is 48.1 Å². The maximum Gasteiger partial charge on any atom is 0.303 e. The molecule has 0 saturated heterocycles. The van der Waals surface area contributed by atoms with Crippen LogP contribution in [0, 0.1) is 5.92 Å². The van der Waals surface area contributed by atoms with Crippen molar-refractivity contribution in [3.63, 3.8) is 0 Å². The minimum atomic E-state index is -0.674. The molecular formula is C107H220O5. The summed E-state index contributed by atoms with van der Waals surface area (Å²) in [4.78, 5) is 10.2. The summed E-state index contributed by atoms with van der Waals surface area (Å²) < 4.78 is 0. The molecule has 112 heavy (non-hydrogen) atoms. The van der Waals surface area contributed by atoms with Gasteiger partial charge in [-0.25, -0.2) is 0 Å². The maximum absolute atomic E-state index is 10.2. The number of aliphatic carboxylic acids is 1. The van der Waals surface area contributed by atoms with E-state index in [0.29, 0.717) is 26.2 Å². The second-order valence-corrected chi connectivity index (χ2v) is 36.1. The summed E-state index contributed by atoms with van der Waals surface area (Å²) in [6.07, 6.45) is 133. The lowest BCUT2D eigenvalue weighted by Crippen LogP contribution is -1.93. The Kier molecular flexibility index (Phi) is 132. The molecule has 1 atom stereocenters. The van der Waals surface area contributed by atoms with E-state index in [1.807, 2.05) is 6.08 Å². The lowest BCUT2D eigenvalue weighted by atomic mass is 10.0. The van der Waals surface area contributed by atoms with E-state index in [1.165, 1.54) is 559 Å². The molecule has 5 nitrogen and oxygen atoms in total. The molecule has 0 bridgehead atoms. The van der Waals surface area contributed by atoms with Crippen LogP contribution in [-0.2, 0) is 4.79 Å². The number of aliphatic hydroxyl groups is 3. The first-order chi connectivity index (χ1) is 55.3. The molecule has 5 heteroatoms. The standard InChI is InChI=1S/C32H66O.C29H60O.C27H56O.C11H20O2.C8H18/c1-2-3-4-5-6-7-8-9-10-11-12-13-14-15-16-17-18-19-20-21-22-23-24-25-26-27-28-29-30-31-32-33;1-2-3-4-5-6-7-8-9-10-11-12-13-14-15-16-17-18-19-20-21-22-23-24-25-26-27-28-29-30;1-2-3-4-5-6-7-8-9-10-11-12-13-14-15-16-17-18-19-20-21-22-23-24-25-26-27-28;1-2-3-4-5-6-7-8-9-10-11(12)13;1-4-6-7-8(3)5-2/h33H,2-32H2,1H3;30H,2-29H2,1H3;28H,2-27H2,1H3;2H,1,3-10H2,(H,12,13);8H,4-7H2,1-3H3. The topological polar surface area (TPSA) is 98.0 Å². The summed E-state index contributed by atoms with van der Waals surface area (Å²) in [5, 5.41) is 34.6. The van der Waals surface area contributed by atoms with Crippen LogP contribution in [0.5, 0.6) is 0 Å². The molecule has 0 aliphatic rings. The molecule has 0 fully saturated rings. The summed E-state index contributed by atoms with van der Waals surface area (Å²) >= 11 is 0. The first-order valence-corrected chi connectivity index (χ1v) is 53.0. The Hall–Kier alpha value is -0.910. The Labute approximate surface area is 710 Å². The van der Waals surface area contributed by atoms with Gasteiger partial charge in [-0.3, -0.25) is 4.79 Å². The molecule has 0 saturated carbocycles. The van der Waals surface area contributed by atoms with Gasteiger partial charge in [0.2, 0.25) is 0 Å². The Morgan fingerprint density at radius 1 is 0.214 bits per heavy atom. The second kappa shape index (κ2) is 123. The van der Waals surface area contributed by atoms with Gasteiger partial charge in [-0.15, -0.1) is 6.58 Å². The Balaban J connectivity index is -0.000000452. The molecule has 0 amide bonds. The van der Waals surface area contributed by atoms with E-state index in [0.717, 1.165) is 44.4 Å². The molecule has 1 unspecified atom stereocenters.